The molecule has 0 spiro atoms. The summed E-state index contributed by atoms with van der Waals surface area (Å²) in [6.45, 7) is 20.9. The van der Waals surface area contributed by atoms with E-state index >= 15 is 0 Å². The minimum absolute atomic E-state index is 0.00127. The van der Waals surface area contributed by atoms with Crippen molar-refractivity contribution in [3.8, 4) is 67.5 Å². The summed E-state index contributed by atoms with van der Waals surface area (Å²) in [7, 11) is 0. The number of hydrogen-bond donors (Lipinski definition) is 1. The molecule has 4 nitrogen and oxygen atoms in total. The summed E-state index contributed by atoms with van der Waals surface area (Å²) in [4.78, 5) is 10.3. The highest BCUT2D eigenvalue weighted by Gasteiger charge is 2.26. The first-order valence-electron chi connectivity index (χ1n) is 24.5. The number of aromatic nitrogens is 3. The zero-order valence-electron chi connectivity index (χ0n) is 44.2. The van der Waals surface area contributed by atoms with Crippen molar-refractivity contribution in [2.45, 2.75) is 99.3 Å². The van der Waals surface area contributed by atoms with Crippen LogP contribution in [-0.2, 0) is 16.2 Å². The van der Waals surface area contributed by atoms with Gasteiger partial charge in [-0.15, -0.1) is 0 Å². The van der Waals surface area contributed by atoms with Gasteiger partial charge < -0.3 is 5.11 Å². The van der Waals surface area contributed by atoms with E-state index in [-0.39, 0.29) is 27.6 Å². The number of phenolic OH excluding ortho intramolecular Hbond substituents is 1. The number of rotatable bonds is 6. The Balaban J connectivity index is 1.40. The van der Waals surface area contributed by atoms with Gasteiger partial charge in [-0.3, -0.25) is 9.55 Å². The number of hydrogen-bond acceptors (Lipinski definition) is 3. The van der Waals surface area contributed by atoms with E-state index in [9.17, 15) is 5.11 Å². The van der Waals surface area contributed by atoms with E-state index in [1.54, 1.807) is 18.3 Å². The van der Waals surface area contributed by atoms with Gasteiger partial charge in [0.15, 0.2) is 0 Å². The normalized spacial score (nSPS) is 14.2. The molecule has 0 amide bonds. The zero-order chi connectivity index (χ0) is 49.6. The Hall–Kier alpha value is -6.26. The van der Waals surface area contributed by atoms with Crippen LogP contribution >= 0.6 is 0 Å². The monoisotopic (exact) mass is 809 g/mol. The van der Waals surface area contributed by atoms with Crippen LogP contribution in [0.5, 0.6) is 5.75 Å². The lowest BCUT2D eigenvalue weighted by Crippen LogP contribution is -2.12. The molecule has 8 aromatic rings. The smallest absolute Gasteiger partial charge is 0.149 e. The summed E-state index contributed by atoms with van der Waals surface area (Å²) in [5.74, 6) is 0.757. The van der Waals surface area contributed by atoms with Gasteiger partial charge in [0.2, 0.25) is 0 Å². The first-order valence-corrected chi connectivity index (χ1v) is 21.0. The molecule has 8 rings (SSSR count). The van der Waals surface area contributed by atoms with E-state index in [0.29, 0.717) is 22.6 Å². The molecule has 4 heteroatoms. The summed E-state index contributed by atoms with van der Waals surface area (Å²) in [6.07, 6.45) is 1.57. The lowest BCUT2D eigenvalue weighted by Gasteiger charge is -2.24. The molecule has 0 saturated heterocycles. The van der Waals surface area contributed by atoms with Crippen LogP contribution in [0.3, 0.4) is 0 Å². The molecule has 6 aromatic carbocycles. The molecule has 0 atom stereocenters. The Bertz CT molecular complexity index is 3260. The van der Waals surface area contributed by atoms with Crippen molar-refractivity contribution in [2.75, 3.05) is 0 Å². The Morgan fingerprint density at radius 3 is 1.90 bits per heavy atom. The molecule has 61 heavy (non-hydrogen) atoms. The first kappa shape index (κ1) is 33.5. The number of phenols is 1. The predicted molar refractivity (Wildman–Crippen MR) is 258 cm³/mol. The average molecular weight is 809 g/mol. The van der Waals surface area contributed by atoms with Gasteiger partial charge in [-0.2, -0.15) is 0 Å². The molecule has 0 aliphatic heterocycles. The lowest BCUT2D eigenvalue weighted by molar-refractivity contribution is 0.472. The van der Waals surface area contributed by atoms with Crippen LogP contribution in [0.2, 0.25) is 0 Å². The summed E-state index contributed by atoms with van der Waals surface area (Å²) in [5.41, 5.74) is 12.7. The second-order valence-corrected chi connectivity index (χ2v) is 19.5. The lowest BCUT2D eigenvalue weighted by atomic mass is 9.83. The minimum Gasteiger partial charge on any atom is -0.507 e. The maximum atomic E-state index is 11.9. The van der Waals surface area contributed by atoms with Gasteiger partial charge in [-0.1, -0.05) is 147 Å². The van der Waals surface area contributed by atoms with E-state index < -0.39 is 36.6 Å². The molecule has 2 aromatic heterocycles. The molecular formula is C57H59N3O. The summed E-state index contributed by atoms with van der Waals surface area (Å²) in [6, 6.07) is 33.2. The number of nitrogens with zero attached hydrogens (tertiary/aromatic N) is 3. The third-order valence-electron chi connectivity index (χ3n) is 11.6. The van der Waals surface area contributed by atoms with Crippen molar-refractivity contribution in [3.05, 3.63) is 167 Å². The van der Waals surface area contributed by atoms with E-state index in [2.05, 4.69) is 140 Å². The van der Waals surface area contributed by atoms with Crippen molar-refractivity contribution >= 4 is 11.0 Å². The van der Waals surface area contributed by atoms with Crippen LogP contribution in [-0.4, -0.2) is 19.6 Å². The van der Waals surface area contributed by atoms with Gasteiger partial charge in [-0.25, -0.2) is 4.98 Å². The highest BCUT2D eigenvalue weighted by Crippen LogP contribution is 2.43. The van der Waals surface area contributed by atoms with Crippen molar-refractivity contribution in [1.82, 2.24) is 14.5 Å². The average Bonchev–Trinajstić information content (AvgIpc) is 3.65. The summed E-state index contributed by atoms with van der Waals surface area (Å²) in [5, 5.41) is 11.9. The molecule has 0 unspecified atom stereocenters. The van der Waals surface area contributed by atoms with Crippen LogP contribution in [0.25, 0.3) is 72.7 Å². The van der Waals surface area contributed by atoms with Crippen molar-refractivity contribution in [2.24, 2.45) is 0 Å². The van der Waals surface area contributed by atoms with E-state index in [1.165, 1.54) is 11.1 Å². The van der Waals surface area contributed by atoms with Crippen molar-refractivity contribution in [1.29, 1.82) is 0 Å². The van der Waals surface area contributed by atoms with Crippen molar-refractivity contribution in [3.63, 3.8) is 0 Å². The van der Waals surface area contributed by atoms with Gasteiger partial charge in [0.1, 0.15) is 11.6 Å². The number of benzene rings is 6. The molecular weight excluding hydrogens is 743 g/mol. The quantitative estimate of drug-likeness (QED) is 0.182. The molecule has 0 aliphatic rings. The molecule has 0 bridgehead atoms. The highest BCUT2D eigenvalue weighted by molar-refractivity contribution is 5.98. The van der Waals surface area contributed by atoms with Gasteiger partial charge in [0, 0.05) is 27.0 Å². The third-order valence-corrected chi connectivity index (χ3v) is 11.6. The fourth-order valence-corrected chi connectivity index (χ4v) is 8.03. The van der Waals surface area contributed by atoms with Crippen LogP contribution in [0.4, 0.5) is 0 Å². The Labute approximate surface area is 372 Å². The van der Waals surface area contributed by atoms with Crippen LogP contribution in [0.15, 0.2) is 133 Å². The van der Waals surface area contributed by atoms with E-state index in [1.807, 2.05) is 32.0 Å². The number of imidazole rings is 1. The summed E-state index contributed by atoms with van der Waals surface area (Å²) >= 11 is 0. The van der Waals surface area contributed by atoms with Gasteiger partial charge in [-0.05, 0) is 136 Å². The Morgan fingerprint density at radius 2 is 1.23 bits per heavy atom. The van der Waals surface area contributed by atoms with Crippen LogP contribution in [0, 0.1) is 20.7 Å². The van der Waals surface area contributed by atoms with Crippen LogP contribution in [0.1, 0.15) is 105 Å². The number of aryl methyl sites for hydroxylation is 2. The molecule has 308 valence electrons. The first-order chi connectivity index (χ1) is 31.6. The molecule has 0 saturated carbocycles. The Morgan fingerprint density at radius 1 is 0.557 bits per heavy atom. The van der Waals surface area contributed by atoms with E-state index in [4.69, 9.17) is 19.6 Å². The zero-order valence-corrected chi connectivity index (χ0v) is 37.2. The van der Waals surface area contributed by atoms with Gasteiger partial charge in [0.25, 0.3) is 0 Å². The third kappa shape index (κ3) is 8.16. The topological polar surface area (TPSA) is 50.9 Å². The van der Waals surface area contributed by atoms with Gasteiger partial charge in [0.05, 0.1) is 33.5 Å². The molecule has 0 fully saturated rings. The molecule has 0 aliphatic carbocycles. The van der Waals surface area contributed by atoms with Crippen molar-refractivity contribution < 1.29 is 14.7 Å². The molecule has 2 heterocycles. The van der Waals surface area contributed by atoms with E-state index in [0.717, 1.165) is 61.2 Å². The predicted octanol–water partition coefficient (Wildman–Crippen LogP) is 15.3. The number of pyridine rings is 1. The second kappa shape index (κ2) is 15.3. The maximum absolute atomic E-state index is 11.9. The molecule has 1 N–H and O–H groups in total. The highest BCUT2D eigenvalue weighted by atomic mass is 16.3. The largest absolute Gasteiger partial charge is 0.507 e. The summed E-state index contributed by atoms with van der Waals surface area (Å²) < 4.78 is 60.7. The fourth-order valence-electron chi connectivity index (χ4n) is 8.03. The second-order valence-electron chi connectivity index (χ2n) is 19.5. The SMILES string of the molecule is [2H]c1c([2H])c(C([2H])([2H])[2H])c([2H])c([2H])c1-c1ccnc(-c2cc(-c3cccc4c3nc(-c3cc(C)cc(C)c3O)n4-c3ccc(C(C)(C)C)cc3-c3ccc(C(C)(C)C)cc3)cc(C(C)(C)C)c2)c1. The van der Waals surface area contributed by atoms with Crippen LogP contribution < -0.4 is 0 Å². The number of fused-ring (bicyclic) bond motifs is 1. The Kier molecular flexibility index (Phi) is 8.41. The number of para-hydroxylation sites is 1. The maximum Gasteiger partial charge on any atom is 0.149 e. The minimum atomic E-state index is -2.82. The molecule has 0 radical (unpaired) electrons. The number of aromatic hydroxyl groups is 1. The fraction of sp³-hybridized carbons (Fsp3) is 0.263. The van der Waals surface area contributed by atoms with Gasteiger partial charge >= 0.3 is 0 Å². The standard InChI is InChI=1S/C57H59N3O/c1-35-16-18-38(19-17-35)40-26-27-58-49(33-40)42-30-41(31-45(32-42)57(10,11)12)46-14-13-15-51-52(46)59-54(48-29-36(2)28-37(3)53(48)61)60(51)50-25-24-44(56(7,8)9)34-47(50)39-20-22-43(23-21-39)55(4,5)6/h13-34,61H,1-12H3/i1D3,16D,17D,18D,19D.